The van der Waals surface area contributed by atoms with Gasteiger partial charge in [-0.25, -0.2) is 0 Å². The molecule has 0 radical (unpaired) electrons. The molecule has 0 saturated carbocycles. The van der Waals surface area contributed by atoms with Gasteiger partial charge < -0.3 is 14.2 Å². The topological polar surface area (TPSA) is 90.5 Å². The van der Waals surface area contributed by atoms with Gasteiger partial charge in [-0.05, 0) is 31.9 Å². The number of likely N-dealkylation sites (tertiary alicyclic amines) is 1. The average molecular weight is 420 g/mol. The normalized spacial score (nSPS) is 21.0. The van der Waals surface area contributed by atoms with Gasteiger partial charge in [0.1, 0.15) is 11.9 Å². The van der Waals surface area contributed by atoms with Gasteiger partial charge in [0.25, 0.3) is 5.91 Å². The Bertz CT molecular complexity index is 1150. The number of piperidine rings is 1. The van der Waals surface area contributed by atoms with Gasteiger partial charge >= 0.3 is 0 Å². The van der Waals surface area contributed by atoms with Crippen molar-refractivity contribution in [3.05, 3.63) is 53.5 Å². The highest BCUT2D eigenvalue weighted by atomic mass is 16.5. The standard InChI is InChI=1S/C23H24N4O4/c1-14-5-6-20-17(8-14)19(28)10-21(30-20)15-4-3-7-27(13-15)23(29)18-9-22(31-25-18)16-11-24-26(2)12-16/h5-6,8-9,11-12,15,21H,3-4,7,10,13H2,1-2H3/t15-,21-/m1/s1. The average Bonchev–Trinajstić information content (AvgIpc) is 3.43. The molecule has 1 saturated heterocycles. The third-order valence-electron chi connectivity index (χ3n) is 6.09. The van der Waals surface area contributed by atoms with E-state index in [9.17, 15) is 9.59 Å². The van der Waals surface area contributed by atoms with E-state index in [2.05, 4.69) is 10.3 Å². The zero-order valence-corrected chi connectivity index (χ0v) is 17.6. The highest BCUT2D eigenvalue weighted by Gasteiger charge is 2.36. The lowest BCUT2D eigenvalue weighted by Crippen LogP contribution is -2.46. The van der Waals surface area contributed by atoms with Crippen LogP contribution in [-0.4, -0.2) is 50.7 Å². The van der Waals surface area contributed by atoms with Crippen molar-refractivity contribution < 1.29 is 18.8 Å². The van der Waals surface area contributed by atoms with Gasteiger partial charge in [0.05, 0.1) is 17.3 Å². The SMILES string of the molecule is Cc1ccc2c(c1)C(=O)C[C@H]([C@@H]1CCCN(C(=O)c3cc(-c4cnn(C)c4)on3)C1)O2. The molecule has 2 aliphatic heterocycles. The van der Waals surface area contributed by atoms with Gasteiger partial charge in [-0.2, -0.15) is 5.10 Å². The van der Waals surface area contributed by atoms with Gasteiger partial charge in [0.15, 0.2) is 17.2 Å². The molecule has 0 N–H and O–H groups in total. The Morgan fingerprint density at radius 2 is 2.13 bits per heavy atom. The fourth-order valence-electron chi connectivity index (χ4n) is 4.45. The monoisotopic (exact) mass is 420 g/mol. The third-order valence-corrected chi connectivity index (χ3v) is 6.09. The number of aryl methyl sites for hydroxylation is 2. The van der Waals surface area contributed by atoms with E-state index in [0.717, 1.165) is 24.0 Å². The first-order chi connectivity index (χ1) is 15.0. The Kier molecular flexibility index (Phi) is 4.84. The summed E-state index contributed by atoms with van der Waals surface area (Å²) in [6, 6.07) is 7.36. The molecule has 4 heterocycles. The van der Waals surface area contributed by atoms with Crippen molar-refractivity contribution in [2.45, 2.75) is 32.3 Å². The predicted octanol–water partition coefficient (Wildman–Crippen LogP) is 3.27. The Labute approximate surface area is 179 Å². The van der Waals surface area contributed by atoms with Gasteiger partial charge in [-0.1, -0.05) is 16.8 Å². The molecule has 160 valence electrons. The van der Waals surface area contributed by atoms with Crippen LogP contribution in [0.1, 0.15) is 45.7 Å². The molecule has 0 bridgehead atoms. The number of nitrogens with zero attached hydrogens (tertiary/aromatic N) is 4. The van der Waals surface area contributed by atoms with Crippen LogP contribution < -0.4 is 4.74 Å². The molecule has 0 aliphatic carbocycles. The van der Waals surface area contributed by atoms with E-state index in [1.165, 1.54) is 0 Å². The molecule has 2 aromatic heterocycles. The number of ketones is 1. The quantitative estimate of drug-likeness (QED) is 0.646. The first kappa shape index (κ1) is 19.5. The van der Waals surface area contributed by atoms with Crippen molar-refractivity contribution >= 4 is 11.7 Å². The highest BCUT2D eigenvalue weighted by molar-refractivity contribution is 6.00. The molecule has 3 aromatic rings. The van der Waals surface area contributed by atoms with Crippen LogP contribution in [0.4, 0.5) is 0 Å². The molecule has 1 fully saturated rings. The smallest absolute Gasteiger partial charge is 0.276 e. The van der Waals surface area contributed by atoms with Gasteiger partial charge in [0, 0.05) is 44.7 Å². The number of carbonyl (C=O) groups excluding carboxylic acids is 2. The molecular formula is C23H24N4O4. The molecule has 31 heavy (non-hydrogen) atoms. The molecule has 5 rings (SSSR count). The van der Waals surface area contributed by atoms with E-state index in [1.54, 1.807) is 21.8 Å². The molecule has 8 nitrogen and oxygen atoms in total. The third kappa shape index (κ3) is 3.73. The van der Waals surface area contributed by atoms with Crippen molar-refractivity contribution in [2.75, 3.05) is 13.1 Å². The lowest BCUT2D eigenvalue weighted by molar-refractivity contribution is 0.0403. The number of Topliss-reactive ketones (excluding diaryl/α,β-unsaturated/α-hetero) is 1. The number of fused-ring (bicyclic) bond motifs is 1. The largest absolute Gasteiger partial charge is 0.489 e. The van der Waals surface area contributed by atoms with Crippen LogP contribution in [0, 0.1) is 12.8 Å². The maximum atomic E-state index is 13.1. The van der Waals surface area contributed by atoms with E-state index in [-0.39, 0.29) is 29.4 Å². The number of ether oxygens (including phenoxy) is 1. The number of hydrogen-bond acceptors (Lipinski definition) is 6. The van der Waals surface area contributed by atoms with Crippen molar-refractivity contribution in [3.63, 3.8) is 0 Å². The zero-order chi connectivity index (χ0) is 21.5. The first-order valence-corrected chi connectivity index (χ1v) is 10.5. The van der Waals surface area contributed by atoms with Crippen LogP contribution in [0.3, 0.4) is 0 Å². The number of benzene rings is 1. The van der Waals surface area contributed by atoms with E-state index in [1.807, 2.05) is 38.4 Å². The molecule has 2 atom stereocenters. The van der Waals surface area contributed by atoms with E-state index < -0.39 is 0 Å². The number of aromatic nitrogens is 3. The van der Waals surface area contributed by atoms with Gasteiger partial charge in [-0.3, -0.25) is 14.3 Å². The fraction of sp³-hybridized carbons (Fsp3) is 0.391. The second kappa shape index (κ2) is 7.68. The molecular weight excluding hydrogens is 396 g/mol. The van der Waals surface area contributed by atoms with Crippen molar-refractivity contribution in [1.29, 1.82) is 0 Å². The Morgan fingerprint density at radius 3 is 2.94 bits per heavy atom. The molecule has 1 amide bonds. The maximum absolute atomic E-state index is 13.1. The fourth-order valence-corrected chi connectivity index (χ4v) is 4.45. The summed E-state index contributed by atoms with van der Waals surface area (Å²) in [7, 11) is 1.82. The van der Waals surface area contributed by atoms with Crippen LogP contribution >= 0.6 is 0 Å². The highest BCUT2D eigenvalue weighted by Crippen LogP contribution is 2.34. The molecule has 8 heteroatoms. The number of hydrogen-bond donors (Lipinski definition) is 0. The summed E-state index contributed by atoms with van der Waals surface area (Å²) in [5, 5.41) is 8.09. The summed E-state index contributed by atoms with van der Waals surface area (Å²) in [4.78, 5) is 27.5. The van der Waals surface area contributed by atoms with Crippen molar-refractivity contribution in [1.82, 2.24) is 19.8 Å². The van der Waals surface area contributed by atoms with Crippen molar-refractivity contribution in [2.24, 2.45) is 13.0 Å². The Balaban J connectivity index is 1.29. The first-order valence-electron chi connectivity index (χ1n) is 10.5. The number of rotatable bonds is 3. The van der Waals surface area contributed by atoms with Crippen LogP contribution in [0.2, 0.25) is 0 Å². The lowest BCUT2D eigenvalue weighted by atomic mass is 9.86. The summed E-state index contributed by atoms with van der Waals surface area (Å²) >= 11 is 0. The van der Waals surface area contributed by atoms with Crippen LogP contribution in [0.5, 0.6) is 5.75 Å². The van der Waals surface area contributed by atoms with E-state index in [0.29, 0.717) is 36.6 Å². The van der Waals surface area contributed by atoms with Crippen molar-refractivity contribution in [3.8, 4) is 17.1 Å². The van der Waals surface area contributed by atoms with Crippen LogP contribution in [0.25, 0.3) is 11.3 Å². The Hall–Kier alpha value is -3.42. The molecule has 1 aromatic carbocycles. The van der Waals surface area contributed by atoms with Crippen LogP contribution in [0.15, 0.2) is 41.2 Å². The Morgan fingerprint density at radius 1 is 1.26 bits per heavy atom. The summed E-state index contributed by atoms with van der Waals surface area (Å²) in [5.41, 5.74) is 2.75. The van der Waals surface area contributed by atoms with Gasteiger partial charge in [0.2, 0.25) is 0 Å². The summed E-state index contributed by atoms with van der Waals surface area (Å²) in [6.07, 6.45) is 5.38. The number of carbonyl (C=O) groups is 2. The van der Waals surface area contributed by atoms with E-state index in [4.69, 9.17) is 9.26 Å². The summed E-state index contributed by atoms with van der Waals surface area (Å²) in [6.45, 7) is 3.15. The summed E-state index contributed by atoms with van der Waals surface area (Å²) < 4.78 is 13.2. The minimum atomic E-state index is -0.221. The minimum Gasteiger partial charge on any atom is -0.489 e. The molecule has 0 spiro atoms. The molecule has 0 unspecified atom stereocenters. The predicted molar refractivity (Wildman–Crippen MR) is 112 cm³/mol. The maximum Gasteiger partial charge on any atom is 0.276 e. The minimum absolute atomic E-state index is 0.0980. The second-order valence-electron chi connectivity index (χ2n) is 8.42. The number of amides is 1. The second-order valence-corrected chi connectivity index (χ2v) is 8.42. The van der Waals surface area contributed by atoms with Crippen LogP contribution in [-0.2, 0) is 7.05 Å². The lowest BCUT2D eigenvalue weighted by Gasteiger charge is -2.38. The molecule has 2 aliphatic rings. The van der Waals surface area contributed by atoms with Gasteiger partial charge in [-0.15, -0.1) is 0 Å². The van der Waals surface area contributed by atoms with E-state index >= 15 is 0 Å². The summed E-state index contributed by atoms with van der Waals surface area (Å²) in [5.74, 6) is 1.20. The zero-order valence-electron chi connectivity index (χ0n) is 17.6.